The van der Waals surface area contributed by atoms with Crippen molar-refractivity contribution in [2.45, 2.75) is 30.6 Å². The van der Waals surface area contributed by atoms with E-state index in [1.54, 1.807) is 19.2 Å². The lowest BCUT2D eigenvalue weighted by atomic mass is 9.99. The average Bonchev–Trinajstić information content (AvgIpc) is 2.77. The molecular formula is C22H27ClN2O4S. The van der Waals surface area contributed by atoms with Crippen molar-refractivity contribution in [2.75, 3.05) is 26.7 Å². The summed E-state index contributed by atoms with van der Waals surface area (Å²) >= 11 is 5.86. The molecule has 1 atom stereocenters. The molecule has 0 aliphatic carbocycles. The number of piperidine rings is 1. The van der Waals surface area contributed by atoms with Crippen LogP contribution in [0.2, 0.25) is 5.02 Å². The van der Waals surface area contributed by atoms with Gasteiger partial charge in [0.25, 0.3) is 0 Å². The second kappa shape index (κ2) is 10.3. The third-order valence-corrected chi connectivity index (χ3v) is 7.45. The smallest absolute Gasteiger partial charge is 0.243 e. The summed E-state index contributed by atoms with van der Waals surface area (Å²) in [7, 11) is -1.99. The van der Waals surface area contributed by atoms with Crippen molar-refractivity contribution in [3.8, 4) is 5.75 Å². The van der Waals surface area contributed by atoms with Crippen LogP contribution in [-0.2, 0) is 21.2 Å². The van der Waals surface area contributed by atoms with E-state index in [0.29, 0.717) is 31.0 Å². The molecule has 0 saturated carbocycles. The number of hydrogen-bond donors (Lipinski definition) is 1. The van der Waals surface area contributed by atoms with Crippen LogP contribution in [0.25, 0.3) is 0 Å². The maximum Gasteiger partial charge on any atom is 0.243 e. The van der Waals surface area contributed by atoms with Gasteiger partial charge in [-0.3, -0.25) is 4.79 Å². The van der Waals surface area contributed by atoms with Crippen LogP contribution in [0.4, 0.5) is 0 Å². The van der Waals surface area contributed by atoms with Gasteiger partial charge in [-0.15, -0.1) is 0 Å². The van der Waals surface area contributed by atoms with Gasteiger partial charge in [0.2, 0.25) is 15.9 Å². The molecule has 2 aromatic carbocycles. The highest BCUT2D eigenvalue weighted by Gasteiger charge is 2.33. The van der Waals surface area contributed by atoms with Crippen molar-refractivity contribution < 1.29 is 17.9 Å². The molecule has 1 saturated heterocycles. The zero-order chi connectivity index (χ0) is 21.6. The van der Waals surface area contributed by atoms with Gasteiger partial charge in [0.1, 0.15) is 5.75 Å². The fourth-order valence-corrected chi connectivity index (χ4v) is 5.32. The molecule has 2 aromatic rings. The van der Waals surface area contributed by atoms with E-state index in [0.717, 1.165) is 24.2 Å². The second-order valence-electron chi connectivity index (χ2n) is 7.36. The Morgan fingerprint density at radius 1 is 1.20 bits per heavy atom. The van der Waals surface area contributed by atoms with Gasteiger partial charge >= 0.3 is 0 Å². The Morgan fingerprint density at radius 2 is 1.93 bits per heavy atom. The summed E-state index contributed by atoms with van der Waals surface area (Å²) < 4.78 is 32.5. The van der Waals surface area contributed by atoms with Gasteiger partial charge in [-0.05, 0) is 61.6 Å². The number of carbonyl (C=O) groups excluding carboxylic acids is 1. The number of sulfonamides is 1. The second-order valence-corrected chi connectivity index (χ2v) is 9.74. The molecular weight excluding hydrogens is 424 g/mol. The molecule has 1 fully saturated rings. The minimum absolute atomic E-state index is 0.0916. The lowest BCUT2D eigenvalue weighted by Crippen LogP contribution is -2.45. The topological polar surface area (TPSA) is 75.7 Å². The number of carbonyl (C=O) groups is 1. The maximum atomic E-state index is 12.9. The van der Waals surface area contributed by atoms with Crippen molar-refractivity contribution in [1.29, 1.82) is 0 Å². The summed E-state index contributed by atoms with van der Waals surface area (Å²) in [5.74, 6) is 0.414. The number of para-hydroxylation sites is 1. The first-order chi connectivity index (χ1) is 14.4. The summed E-state index contributed by atoms with van der Waals surface area (Å²) in [5.41, 5.74) is 1.10. The molecule has 1 N–H and O–H groups in total. The zero-order valence-electron chi connectivity index (χ0n) is 17.0. The molecule has 0 radical (unpaired) electrons. The van der Waals surface area contributed by atoms with E-state index in [-0.39, 0.29) is 23.3 Å². The monoisotopic (exact) mass is 450 g/mol. The van der Waals surface area contributed by atoms with Gasteiger partial charge in [0.05, 0.1) is 17.9 Å². The predicted octanol–water partition coefficient (Wildman–Crippen LogP) is 3.50. The van der Waals surface area contributed by atoms with Crippen molar-refractivity contribution >= 4 is 27.5 Å². The van der Waals surface area contributed by atoms with Crippen LogP contribution in [0.15, 0.2) is 53.4 Å². The molecule has 162 valence electrons. The van der Waals surface area contributed by atoms with Crippen molar-refractivity contribution in [3.05, 3.63) is 59.1 Å². The summed E-state index contributed by atoms with van der Waals surface area (Å²) in [6, 6.07) is 13.9. The van der Waals surface area contributed by atoms with Crippen LogP contribution in [0.5, 0.6) is 5.75 Å². The molecule has 30 heavy (non-hydrogen) atoms. The van der Waals surface area contributed by atoms with Crippen molar-refractivity contribution in [1.82, 2.24) is 9.62 Å². The molecule has 8 heteroatoms. The van der Waals surface area contributed by atoms with E-state index in [1.165, 1.54) is 16.4 Å². The number of ether oxygens (including phenoxy) is 1. The van der Waals surface area contributed by atoms with Crippen LogP contribution >= 0.6 is 11.6 Å². The molecule has 0 bridgehead atoms. The Labute approximate surface area is 183 Å². The molecule has 1 aliphatic rings. The largest absolute Gasteiger partial charge is 0.496 e. The van der Waals surface area contributed by atoms with Gasteiger partial charge in [-0.2, -0.15) is 4.31 Å². The number of methoxy groups -OCH3 is 1. The molecule has 1 amide bonds. The molecule has 0 aromatic heterocycles. The Morgan fingerprint density at radius 3 is 2.67 bits per heavy atom. The number of benzene rings is 2. The van der Waals surface area contributed by atoms with E-state index in [2.05, 4.69) is 5.32 Å². The number of nitrogens with one attached hydrogen (secondary N) is 1. The molecule has 1 heterocycles. The van der Waals surface area contributed by atoms with E-state index in [1.807, 2.05) is 24.3 Å². The van der Waals surface area contributed by atoms with Crippen molar-refractivity contribution in [2.24, 2.45) is 5.92 Å². The highest BCUT2D eigenvalue weighted by Crippen LogP contribution is 2.25. The Kier molecular flexibility index (Phi) is 7.75. The fourth-order valence-electron chi connectivity index (χ4n) is 3.67. The minimum atomic E-state index is -3.63. The van der Waals surface area contributed by atoms with Crippen LogP contribution in [-0.4, -0.2) is 45.4 Å². The Hall–Kier alpha value is -2.09. The highest BCUT2D eigenvalue weighted by molar-refractivity contribution is 7.89. The van der Waals surface area contributed by atoms with E-state index in [4.69, 9.17) is 16.3 Å². The number of amides is 1. The van der Waals surface area contributed by atoms with Gasteiger partial charge < -0.3 is 10.1 Å². The molecule has 3 rings (SSSR count). The standard InChI is InChI=1S/C22H27ClN2O4S/c1-29-21-9-3-2-6-17(21)7-4-14-24-22(26)18-8-5-15-25(16-18)30(27,28)20-12-10-19(23)11-13-20/h2-3,6,9-13,18H,4-5,7-8,14-16H2,1H3,(H,24,26)/t18-/m0/s1. The van der Waals surface area contributed by atoms with Gasteiger partial charge in [0, 0.05) is 24.7 Å². The number of halogens is 1. The Bertz CT molecular complexity index is 963. The maximum absolute atomic E-state index is 12.9. The summed E-state index contributed by atoms with van der Waals surface area (Å²) in [5, 5.41) is 3.44. The molecule has 1 aliphatic heterocycles. The normalized spacial score (nSPS) is 17.5. The minimum Gasteiger partial charge on any atom is -0.496 e. The number of rotatable bonds is 8. The highest BCUT2D eigenvalue weighted by atomic mass is 35.5. The van der Waals surface area contributed by atoms with Gasteiger partial charge in [0.15, 0.2) is 0 Å². The first-order valence-electron chi connectivity index (χ1n) is 10.1. The zero-order valence-corrected chi connectivity index (χ0v) is 18.6. The first kappa shape index (κ1) is 22.6. The fraction of sp³-hybridized carbons (Fsp3) is 0.409. The number of hydrogen-bond acceptors (Lipinski definition) is 4. The number of nitrogens with zero attached hydrogens (tertiary/aromatic N) is 1. The van der Waals surface area contributed by atoms with Crippen LogP contribution < -0.4 is 10.1 Å². The lowest BCUT2D eigenvalue weighted by molar-refractivity contribution is -0.126. The first-order valence-corrected chi connectivity index (χ1v) is 11.9. The lowest BCUT2D eigenvalue weighted by Gasteiger charge is -2.31. The SMILES string of the molecule is COc1ccccc1CCCNC(=O)[C@H]1CCCN(S(=O)(=O)c2ccc(Cl)cc2)C1. The van der Waals surface area contributed by atoms with Crippen LogP contribution in [0.3, 0.4) is 0 Å². The summed E-state index contributed by atoms with van der Waals surface area (Å²) in [6.07, 6.45) is 2.93. The van der Waals surface area contributed by atoms with Gasteiger partial charge in [-0.1, -0.05) is 29.8 Å². The molecule has 6 nitrogen and oxygen atoms in total. The number of aryl methyl sites for hydroxylation is 1. The third kappa shape index (κ3) is 5.53. The average molecular weight is 451 g/mol. The predicted molar refractivity (Wildman–Crippen MR) is 117 cm³/mol. The van der Waals surface area contributed by atoms with Crippen LogP contribution in [0, 0.1) is 5.92 Å². The summed E-state index contributed by atoms with van der Waals surface area (Å²) in [4.78, 5) is 12.8. The molecule has 0 unspecified atom stereocenters. The Balaban J connectivity index is 1.52. The van der Waals surface area contributed by atoms with E-state index >= 15 is 0 Å². The van der Waals surface area contributed by atoms with E-state index < -0.39 is 10.0 Å². The summed E-state index contributed by atoms with van der Waals surface area (Å²) in [6.45, 7) is 1.16. The van der Waals surface area contributed by atoms with Crippen molar-refractivity contribution in [3.63, 3.8) is 0 Å². The molecule has 0 spiro atoms. The van der Waals surface area contributed by atoms with E-state index in [9.17, 15) is 13.2 Å². The quantitative estimate of drug-likeness (QED) is 0.624. The van der Waals surface area contributed by atoms with Crippen LogP contribution in [0.1, 0.15) is 24.8 Å². The van der Waals surface area contributed by atoms with Gasteiger partial charge in [-0.25, -0.2) is 8.42 Å². The third-order valence-electron chi connectivity index (χ3n) is 5.32.